The topological polar surface area (TPSA) is 247 Å². The minimum absolute atomic E-state index is 0.0313. The van der Waals surface area contributed by atoms with Crippen LogP contribution in [0.15, 0.2) is 71.7 Å². The highest BCUT2D eigenvalue weighted by Crippen LogP contribution is 2.18. The first-order valence-electron chi connectivity index (χ1n) is 16.9. The minimum atomic E-state index is -1.13. The van der Waals surface area contributed by atoms with Gasteiger partial charge in [0.05, 0.1) is 6.54 Å². The Morgan fingerprint density at radius 3 is 2.16 bits per heavy atom. The molecular formula is C36H47N9O6. The molecule has 0 spiro atoms. The molecule has 0 radical (unpaired) electrons. The number of nitrogens with two attached hydrogens (primary N) is 3. The number of rotatable bonds is 11. The summed E-state index contributed by atoms with van der Waals surface area (Å²) < 4.78 is 0. The molecule has 1 aliphatic rings. The number of fused-ring (bicyclic) bond motifs is 1. The van der Waals surface area contributed by atoms with E-state index < -0.39 is 60.2 Å². The lowest BCUT2D eigenvalue weighted by Gasteiger charge is -2.32. The molecule has 4 atom stereocenters. The molecule has 272 valence electrons. The number of phenols is 1. The van der Waals surface area contributed by atoms with E-state index in [4.69, 9.17) is 17.2 Å². The summed E-state index contributed by atoms with van der Waals surface area (Å²) >= 11 is 0. The van der Waals surface area contributed by atoms with E-state index in [2.05, 4.69) is 26.3 Å². The number of phenolic OH excluding ortho intramolecular Hbond substituents is 1. The van der Waals surface area contributed by atoms with Crippen LogP contribution in [0.2, 0.25) is 0 Å². The summed E-state index contributed by atoms with van der Waals surface area (Å²) in [7, 11) is 1.45. The maximum Gasteiger partial charge on any atom is 0.245 e. The maximum absolute atomic E-state index is 14.0. The van der Waals surface area contributed by atoms with E-state index >= 15 is 0 Å². The van der Waals surface area contributed by atoms with Crippen molar-refractivity contribution >= 4 is 46.3 Å². The fourth-order valence-corrected chi connectivity index (χ4v) is 5.94. The summed E-state index contributed by atoms with van der Waals surface area (Å²) in [5.41, 5.74) is 18.1. The van der Waals surface area contributed by atoms with Crippen LogP contribution in [0.1, 0.15) is 36.8 Å². The molecule has 4 rings (SSSR count). The second kappa shape index (κ2) is 18.3. The average molecular weight is 702 g/mol. The molecule has 15 nitrogen and oxygen atoms in total. The van der Waals surface area contributed by atoms with Crippen molar-refractivity contribution < 1.29 is 29.1 Å². The van der Waals surface area contributed by atoms with E-state index in [-0.39, 0.29) is 50.5 Å². The van der Waals surface area contributed by atoms with Gasteiger partial charge < -0.3 is 48.5 Å². The van der Waals surface area contributed by atoms with Crippen molar-refractivity contribution in [2.45, 2.75) is 62.7 Å². The summed E-state index contributed by atoms with van der Waals surface area (Å²) in [4.78, 5) is 74.0. The van der Waals surface area contributed by atoms with Crippen LogP contribution in [0.25, 0.3) is 10.8 Å². The molecule has 51 heavy (non-hydrogen) atoms. The van der Waals surface area contributed by atoms with Crippen LogP contribution in [0.5, 0.6) is 5.75 Å². The van der Waals surface area contributed by atoms with Crippen molar-refractivity contribution in [1.29, 1.82) is 0 Å². The number of nitrogens with one attached hydrogen (secondary N) is 4. The summed E-state index contributed by atoms with van der Waals surface area (Å²) in [5, 5.41) is 22.6. The quantitative estimate of drug-likeness (QED) is 0.0731. The van der Waals surface area contributed by atoms with Crippen molar-refractivity contribution in [3.8, 4) is 5.75 Å². The minimum Gasteiger partial charge on any atom is -0.508 e. The lowest BCUT2D eigenvalue weighted by Crippen LogP contribution is -2.58. The SMILES string of the molecule is CN1C(=O)C(Cc2ccc(O)cc2)NC(=O)CNC(=O)[C@H](Cc2ccc3ccccc3c2)NC(=O)[C@H](CCCN=C(N)N)NC(=O)C1CCCN. The Morgan fingerprint density at radius 1 is 0.784 bits per heavy atom. The zero-order valence-corrected chi connectivity index (χ0v) is 28.6. The first-order chi connectivity index (χ1) is 24.4. The molecule has 0 bridgehead atoms. The Bertz CT molecular complexity index is 1730. The average Bonchev–Trinajstić information content (AvgIpc) is 3.11. The maximum atomic E-state index is 14.0. The third-order valence-corrected chi connectivity index (χ3v) is 8.70. The highest BCUT2D eigenvalue weighted by molar-refractivity contribution is 5.97. The van der Waals surface area contributed by atoms with E-state index in [9.17, 15) is 29.1 Å². The summed E-state index contributed by atoms with van der Waals surface area (Å²) in [6.45, 7) is -0.0570. The number of amides is 5. The third-order valence-electron chi connectivity index (χ3n) is 8.70. The molecule has 2 unspecified atom stereocenters. The highest BCUT2D eigenvalue weighted by Gasteiger charge is 2.35. The number of aliphatic imine (C=N–C) groups is 1. The van der Waals surface area contributed by atoms with Crippen LogP contribution in [0, 0.1) is 0 Å². The Balaban J connectivity index is 1.70. The van der Waals surface area contributed by atoms with Gasteiger partial charge in [0.15, 0.2) is 5.96 Å². The van der Waals surface area contributed by atoms with Gasteiger partial charge in [0.1, 0.15) is 29.9 Å². The largest absolute Gasteiger partial charge is 0.508 e. The summed E-state index contributed by atoms with van der Waals surface area (Å²) in [5.74, 6) is -3.19. The van der Waals surface area contributed by atoms with Crippen LogP contribution in [-0.4, -0.2) is 96.4 Å². The van der Waals surface area contributed by atoms with Crippen LogP contribution >= 0.6 is 0 Å². The van der Waals surface area contributed by atoms with Crippen molar-refractivity contribution in [1.82, 2.24) is 26.2 Å². The van der Waals surface area contributed by atoms with Crippen molar-refractivity contribution in [2.24, 2.45) is 22.2 Å². The fourth-order valence-electron chi connectivity index (χ4n) is 5.94. The molecule has 1 fully saturated rings. The number of nitrogens with zero attached hydrogens (tertiary/aromatic N) is 2. The smallest absolute Gasteiger partial charge is 0.245 e. The van der Waals surface area contributed by atoms with Gasteiger partial charge in [0, 0.05) is 26.4 Å². The molecule has 0 aliphatic carbocycles. The van der Waals surface area contributed by atoms with Gasteiger partial charge in [-0.2, -0.15) is 0 Å². The molecule has 11 N–H and O–H groups in total. The van der Waals surface area contributed by atoms with E-state index in [1.165, 1.54) is 24.1 Å². The van der Waals surface area contributed by atoms with Gasteiger partial charge in [-0.05, 0) is 66.3 Å². The van der Waals surface area contributed by atoms with Gasteiger partial charge in [-0.15, -0.1) is 0 Å². The number of benzene rings is 3. The van der Waals surface area contributed by atoms with Crippen LogP contribution < -0.4 is 38.5 Å². The van der Waals surface area contributed by atoms with Crippen LogP contribution in [0.4, 0.5) is 0 Å². The van der Waals surface area contributed by atoms with Gasteiger partial charge in [0.2, 0.25) is 29.5 Å². The number of carbonyl (C=O) groups is 5. The molecule has 1 heterocycles. The van der Waals surface area contributed by atoms with Crippen molar-refractivity contribution in [3.63, 3.8) is 0 Å². The lowest BCUT2D eigenvalue weighted by atomic mass is 10.00. The van der Waals surface area contributed by atoms with E-state index in [0.717, 1.165) is 16.3 Å². The first-order valence-corrected chi connectivity index (χ1v) is 16.9. The Hall–Kier alpha value is -5.70. The van der Waals surface area contributed by atoms with Crippen LogP contribution in [0.3, 0.4) is 0 Å². The van der Waals surface area contributed by atoms with Gasteiger partial charge in [-0.1, -0.05) is 54.6 Å². The number of guanidine groups is 1. The predicted octanol–water partition coefficient (Wildman–Crippen LogP) is -0.466. The number of carbonyl (C=O) groups excluding carboxylic acids is 5. The number of hydrogen-bond donors (Lipinski definition) is 8. The first kappa shape index (κ1) is 38.1. The van der Waals surface area contributed by atoms with Gasteiger partial charge >= 0.3 is 0 Å². The Labute approximate surface area is 296 Å². The summed E-state index contributed by atoms with van der Waals surface area (Å²) in [6.07, 6.45) is 1.11. The molecule has 15 heteroatoms. The fraction of sp³-hybridized carbons (Fsp3) is 0.389. The Morgan fingerprint density at radius 2 is 1.45 bits per heavy atom. The second-order valence-corrected chi connectivity index (χ2v) is 12.6. The highest BCUT2D eigenvalue weighted by atomic mass is 16.3. The van der Waals surface area contributed by atoms with Gasteiger partial charge in [0.25, 0.3) is 0 Å². The van der Waals surface area contributed by atoms with Gasteiger partial charge in [-0.25, -0.2) is 0 Å². The monoisotopic (exact) mass is 701 g/mol. The molecule has 0 aromatic heterocycles. The van der Waals surface area contributed by atoms with Gasteiger partial charge in [-0.3, -0.25) is 29.0 Å². The number of likely N-dealkylation sites (N-methyl/N-ethyl adjacent to an activating group) is 1. The van der Waals surface area contributed by atoms with E-state index in [0.29, 0.717) is 18.4 Å². The zero-order chi connectivity index (χ0) is 36.9. The molecular weight excluding hydrogens is 654 g/mol. The van der Waals surface area contributed by atoms with Crippen LogP contribution in [-0.2, 0) is 36.8 Å². The van der Waals surface area contributed by atoms with Crippen molar-refractivity contribution in [2.75, 3.05) is 26.7 Å². The molecule has 3 aromatic carbocycles. The molecule has 5 amide bonds. The lowest BCUT2D eigenvalue weighted by molar-refractivity contribution is -0.142. The molecule has 1 aliphatic heterocycles. The molecule has 0 saturated carbocycles. The second-order valence-electron chi connectivity index (χ2n) is 12.6. The number of hydrogen-bond acceptors (Lipinski definition) is 8. The third kappa shape index (κ3) is 11.2. The zero-order valence-electron chi connectivity index (χ0n) is 28.6. The Kier molecular flexibility index (Phi) is 13.7. The molecule has 3 aromatic rings. The standard InChI is InChI=1S/C36H47N9O6/c1-45-30(9-4-16-37)34(50)43-27(8-5-17-40-36(38)39)33(49)44-28(20-23-10-13-24-6-2-3-7-25(24)18-23)32(48)41-21-31(47)42-29(35(45)51)19-22-11-14-26(46)15-12-22/h2-3,6-7,10-15,18,27-30,46H,4-5,8-9,16-17,19-21,37H2,1H3,(H,41,48)(H,42,47)(H,43,50)(H,44,49)(H4,38,39,40)/t27-,28-,29?,30?/m0/s1. The summed E-state index contributed by atoms with van der Waals surface area (Å²) in [6, 6.07) is 15.1. The van der Waals surface area contributed by atoms with E-state index in [1.54, 1.807) is 12.1 Å². The van der Waals surface area contributed by atoms with Crippen molar-refractivity contribution in [3.05, 3.63) is 77.9 Å². The number of aromatic hydroxyl groups is 1. The van der Waals surface area contributed by atoms with E-state index in [1.807, 2.05) is 42.5 Å². The predicted molar refractivity (Wildman–Crippen MR) is 193 cm³/mol. The normalized spacial score (nSPS) is 20.7. The molecule has 1 saturated heterocycles.